The minimum Gasteiger partial charge on any atom is -0.478 e. The van der Waals surface area contributed by atoms with Gasteiger partial charge >= 0.3 is 5.97 Å². The molecule has 1 heterocycles. The number of aromatic amines is 1. The largest absolute Gasteiger partial charge is 0.478 e. The number of rotatable bonds is 4. The van der Waals surface area contributed by atoms with Gasteiger partial charge < -0.3 is 15.4 Å². The highest BCUT2D eigenvalue weighted by molar-refractivity contribution is 6.41. The third-order valence-corrected chi connectivity index (χ3v) is 3.32. The van der Waals surface area contributed by atoms with Gasteiger partial charge in [0.05, 0.1) is 10.6 Å². The van der Waals surface area contributed by atoms with E-state index < -0.39 is 5.97 Å². The van der Waals surface area contributed by atoms with Gasteiger partial charge in [0.25, 0.3) is 5.91 Å². The Balaban J connectivity index is 1.98. The summed E-state index contributed by atoms with van der Waals surface area (Å²) >= 11 is 11.5. The molecule has 104 valence electrons. The fourth-order valence-corrected chi connectivity index (χ4v) is 1.88. The van der Waals surface area contributed by atoms with Gasteiger partial charge in [-0.3, -0.25) is 4.79 Å². The van der Waals surface area contributed by atoms with Gasteiger partial charge in [0.15, 0.2) is 0 Å². The number of H-pyrrole nitrogens is 1. The van der Waals surface area contributed by atoms with Gasteiger partial charge in [-0.05, 0) is 23.8 Å². The summed E-state index contributed by atoms with van der Waals surface area (Å²) in [5.41, 5.74) is 1.25. The highest BCUT2D eigenvalue weighted by Crippen LogP contribution is 2.21. The first-order valence-corrected chi connectivity index (χ1v) is 6.37. The standard InChI is InChI=1S/C13H10Cl2N2O3/c14-9-5-10(17-11(9)15)12(18)16-6-7-1-3-8(4-2-7)13(19)20/h1-5,17H,6H2,(H,16,18)(H,19,20). The van der Waals surface area contributed by atoms with Crippen LogP contribution in [0.4, 0.5) is 0 Å². The third kappa shape index (κ3) is 3.31. The monoisotopic (exact) mass is 312 g/mol. The second-order valence-corrected chi connectivity index (χ2v) is 4.81. The Morgan fingerprint density at radius 1 is 1.20 bits per heavy atom. The summed E-state index contributed by atoms with van der Waals surface area (Å²) in [4.78, 5) is 25.2. The number of aromatic nitrogens is 1. The summed E-state index contributed by atoms with van der Waals surface area (Å²) in [5, 5.41) is 11.9. The van der Waals surface area contributed by atoms with E-state index >= 15 is 0 Å². The van der Waals surface area contributed by atoms with E-state index in [4.69, 9.17) is 28.3 Å². The maximum atomic E-state index is 11.8. The molecule has 0 bridgehead atoms. The normalized spacial score (nSPS) is 10.3. The molecule has 7 heteroatoms. The van der Waals surface area contributed by atoms with Crippen molar-refractivity contribution >= 4 is 35.1 Å². The van der Waals surface area contributed by atoms with Crippen LogP contribution in [0.5, 0.6) is 0 Å². The minimum atomic E-state index is -0.990. The lowest BCUT2D eigenvalue weighted by molar-refractivity contribution is 0.0696. The van der Waals surface area contributed by atoms with Crippen LogP contribution in [0.3, 0.4) is 0 Å². The molecule has 0 atom stereocenters. The zero-order chi connectivity index (χ0) is 14.7. The van der Waals surface area contributed by atoms with Crippen LogP contribution in [0.15, 0.2) is 30.3 Å². The maximum Gasteiger partial charge on any atom is 0.335 e. The molecular weight excluding hydrogens is 303 g/mol. The fraction of sp³-hybridized carbons (Fsp3) is 0.0769. The SMILES string of the molecule is O=C(O)c1ccc(CNC(=O)c2cc(Cl)c(Cl)[nH]2)cc1. The second-order valence-electron chi connectivity index (χ2n) is 4.03. The van der Waals surface area contributed by atoms with Crippen molar-refractivity contribution in [1.82, 2.24) is 10.3 Å². The molecule has 1 amide bonds. The highest BCUT2D eigenvalue weighted by Gasteiger charge is 2.11. The van der Waals surface area contributed by atoms with Crippen molar-refractivity contribution in [1.29, 1.82) is 0 Å². The van der Waals surface area contributed by atoms with Gasteiger partial charge in [0, 0.05) is 6.54 Å². The zero-order valence-corrected chi connectivity index (χ0v) is 11.6. The van der Waals surface area contributed by atoms with E-state index in [1.807, 2.05) is 0 Å². The molecule has 0 radical (unpaired) electrons. The highest BCUT2D eigenvalue weighted by atomic mass is 35.5. The Bertz CT molecular complexity index is 631. The van der Waals surface area contributed by atoms with E-state index in [-0.39, 0.29) is 33.9 Å². The van der Waals surface area contributed by atoms with E-state index in [0.29, 0.717) is 0 Å². The first-order chi connectivity index (χ1) is 9.47. The molecule has 3 N–H and O–H groups in total. The predicted octanol–water partition coefficient (Wildman–Crippen LogP) is 2.95. The Morgan fingerprint density at radius 3 is 2.35 bits per heavy atom. The van der Waals surface area contributed by atoms with Gasteiger partial charge in [0.1, 0.15) is 10.8 Å². The van der Waals surface area contributed by atoms with Crippen molar-refractivity contribution in [3.63, 3.8) is 0 Å². The lowest BCUT2D eigenvalue weighted by atomic mass is 10.1. The minimum absolute atomic E-state index is 0.197. The van der Waals surface area contributed by atoms with Gasteiger partial charge in [-0.25, -0.2) is 4.79 Å². The summed E-state index contributed by atoms with van der Waals surface area (Å²) in [7, 11) is 0. The number of benzene rings is 1. The molecule has 0 aliphatic heterocycles. The summed E-state index contributed by atoms with van der Waals surface area (Å²) < 4.78 is 0. The van der Waals surface area contributed by atoms with Crippen LogP contribution < -0.4 is 5.32 Å². The molecule has 0 aliphatic carbocycles. The van der Waals surface area contributed by atoms with Crippen LogP contribution >= 0.6 is 23.2 Å². The lowest BCUT2D eigenvalue weighted by Crippen LogP contribution is -2.23. The Kier molecular flexibility index (Phi) is 4.32. The lowest BCUT2D eigenvalue weighted by Gasteiger charge is -2.04. The van der Waals surface area contributed by atoms with Crippen LogP contribution in [0.2, 0.25) is 10.2 Å². The van der Waals surface area contributed by atoms with E-state index in [9.17, 15) is 9.59 Å². The number of halogens is 2. The van der Waals surface area contributed by atoms with Crippen molar-refractivity contribution in [2.45, 2.75) is 6.54 Å². The molecule has 1 aromatic heterocycles. The number of hydrogen-bond acceptors (Lipinski definition) is 2. The average Bonchev–Trinajstić information content (AvgIpc) is 2.76. The second kappa shape index (κ2) is 5.98. The van der Waals surface area contributed by atoms with E-state index in [1.54, 1.807) is 12.1 Å². The first-order valence-electron chi connectivity index (χ1n) is 5.62. The smallest absolute Gasteiger partial charge is 0.335 e. The van der Waals surface area contributed by atoms with Crippen molar-refractivity contribution < 1.29 is 14.7 Å². The number of nitrogens with one attached hydrogen (secondary N) is 2. The van der Waals surface area contributed by atoms with Crippen LogP contribution in [-0.2, 0) is 6.54 Å². The Morgan fingerprint density at radius 2 is 1.85 bits per heavy atom. The van der Waals surface area contributed by atoms with E-state index in [2.05, 4.69) is 10.3 Å². The molecule has 5 nitrogen and oxygen atoms in total. The van der Waals surface area contributed by atoms with Gasteiger partial charge in [-0.1, -0.05) is 35.3 Å². The van der Waals surface area contributed by atoms with Crippen LogP contribution in [0, 0.1) is 0 Å². The van der Waals surface area contributed by atoms with Crippen molar-refractivity contribution in [3.8, 4) is 0 Å². The van der Waals surface area contributed by atoms with Crippen LogP contribution in [0.25, 0.3) is 0 Å². The molecule has 2 rings (SSSR count). The van der Waals surface area contributed by atoms with E-state index in [0.717, 1.165) is 5.56 Å². The summed E-state index contributed by atoms with van der Waals surface area (Å²) in [6.45, 7) is 0.271. The Labute approximate surface area is 124 Å². The molecule has 1 aromatic carbocycles. The molecule has 2 aromatic rings. The molecule has 0 fully saturated rings. The maximum absolute atomic E-state index is 11.8. The van der Waals surface area contributed by atoms with Crippen molar-refractivity contribution in [2.24, 2.45) is 0 Å². The molecular formula is C13H10Cl2N2O3. The van der Waals surface area contributed by atoms with E-state index in [1.165, 1.54) is 18.2 Å². The van der Waals surface area contributed by atoms with Crippen molar-refractivity contribution in [3.05, 3.63) is 57.3 Å². The number of aromatic carboxylic acids is 1. The number of carbonyl (C=O) groups is 2. The number of carboxylic acids is 1. The predicted molar refractivity (Wildman–Crippen MR) is 75.4 cm³/mol. The topological polar surface area (TPSA) is 82.2 Å². The molecule has 0 aliphatic rings. The van der Waals surface area contributed by atoms with Gasteiger partial charge in [0.2, 0.25) is 0 Å². The molecule has 0 spiro atoms. The number of hydrogen-bond donors (Lipinski definition) is 3. The van der Waals surface area contributed by atoms with Gasteiger partial charge in [-0.15, -0.1) is 0 Å². The van der Waals surface area contributed by atoms with Crippen LogP contribution in [-0.4, -0.2) is 22.0 Å². The average molecular weight is 313 g/mol. The van der Waals surface area contributed by atoms with Crippen LogP contribution in [0.1, 0.15) is 26.4 Å². The fourth-order valence-electron chi connectivity index (χ4n) is 1.57. The Hall–Kier alpha value is -1.98. The zero-order valence-electron chi connectivity index (χ0n) is 10.1. The molecule has 0 saturated heterocycles. The number of carboxylic acid groups (broad SMARTS) is 1. The molecule has 0 saturated carbocycles. The summed E-state index contributed by atoms with van der Waals surface area (Å²) in [6, 6.07) is 7.67. The molecule has 20 heavy (non-hydrogen) atoms. The molecule has 0 unspecified atom stereocenters. The number of carbonyl (C=O) groups excluding carboxylic acids is 1. The quantitative estimate of drug-likeness (QED) is 0.811. The number of amides is 1. The first kappa shape index (κ1) is 14.4. The third-order valence-electron chi connectivity index (χ3n) is 2.62. The summed E-state index contributed by atoms with van der Waals surface area (Å²) in [6.07, 6.45) is 0. The van der Waals surface area contributed by atoms with Crippen molar-refractivity contribution in [2.75, 3.05) is 0 Å². The van der Waals surface area contributed by atoms with Gasteiger partial charge in [-0.2, -0.15) is 0 Å². The summed E-state index contributed by atoms with van der Waals surface area (Å²) in [5.74, 6) is -1.34.